The van der Waals surface area contributed by atoms with E-state index in [1.807, 2.05) is 0 Å². The van der Waals surface area contributed by atoms with E-state index in [0.717, 1.165) is 0 Å². The van der Waals surface area contributed by atoms with E-state index in [4.69, 9.17) is 11.6 Å². The van der Waals surface area contributed by atoms with E-state index in [0.29, 0.717) is 23.7 Å². The van der Waals surface area contributed by atoms with Crippen LogP contribution in [0.4, 0.5) is 13.2 Å². The first kappa shape index (κ1) is 14.7. The molecule has 1 saturated carbocycles. The number of halogens is 4. The van der Waals surface area contributed by atoms with Crippen LogP contribution in [0.1, 0.15) is 37.4 Å². The summed E-state index contributed by atoms with van der Waals surface area (Å²) in [6.07, 6.45) is -3.85. The van der Waals surface area contributed by atoms with Gasteiger partial charge in [0.05, 0.1) is 23.2 Å². The summed E-state index contributed by atoms with van der Waals surface area (Å²) in [5, 5.41) is 17.9. The van der Waals surface area contributed by atoms with Gasteiger partial charge < -0.3 is 5.11 Å². The first-order valence-electron chi connectivity index (χ1n) is 6.72. The van der Waals surface area contributed by atoms with Gasteiger partial charge in [0, 0.05) is 16.0 Å². The molecule has 0 spiro atoms. The maximum atomic E-state index is 13.6. The zero-order chi connectivity index (χ0) is 15.3. The minimum atomic E-state index is -4.46. The monoisotopic (exact) mass is 318 g/mol. The van der Waals surface area contributed by atoms with E-state index >= 15 is 0 Å². The van der Waals surface area contributed by atoms with Crippen LogP contribution in [0.25, 0.3) is 10.9 Å². The van der Waals surface area contributed by atoms with Gasteiger partial charge in [-0.15, -0.1) is 0 Å². The highest BCUT2D eigenvalue weighted by atomic mass is 35.5. The molecule has 0 radical (unpaired) electrons. The Labute approximate surface area is 124 Å². The molecule has 1 heterocycles. The topological polar surface area (TPSA) is 48.9 Å². The number of hydrogen-bond donors (Lipinski definition) is 2. The Hall–Kier alpha value is -1.27. The minimum Gasteiger partial charge on any atom is -0.387 e. The van der Waals surface area contributed by atoms with E-state index < -0.39 is 17.7 Å². The highest BCUT2D eigenvalue weighted by Crippen LogP contribution is 2.58. The number of benzene rings is 1. The zero-order valence-electron chi connectivity index (χ0n) is 11.0. The van der Waals surface area contributed by atoms with Gasteiger partial charge in [-0.05, 0) is 25.0 Å². The Morgan fingerprint density at radius 3 is 2.57 bits per heavy atom. The third kappa shape index (κ3) is 2.21. The van der Waals surface area contributed by atoms with Gasteiger partial charge in [-0.3, -0.25) is 5.10 Å². The number of hydrogen-bond acceptors (Lipinski definition) is 2. The third-order valence-corrected chi connectivity index (χ3v) is 4.64. The molecule has 1 aliphatic rings. The van der Waals surface area contributed by atoms with Crippen molar-refractivity contribution in [3.05, 3.63) is 28.9 Å². The number of nitrogens with one attached hydrogen (secondary N) is 1. The van der Waals surface area contributed by atoms with Crippen molar-refractivity contribution in [2.45, 2.75) is 38.0 Å². The van der Waals surface area contributed by atoms with E-state index in [2.05, 4.69) is 10.2 Å². The number of aromatic nitrogens is 2. The molecular formula is C14H14ClF3N2O. The number of aliphatic hydroxyl groups is 1. The van der Waals surface area contributed by atoms with E-state index in [1.165, 1.54) is 12.3 Å². The van der Waals surface area contributed by atoms with Crippen LogP contribution >= 0.6 is 11.6 Å². The second kappa shape index (κ2) is 4.88. The number of aromatic amines is 1. The highest BCUT2D eigenvalue weighted by molar-refractivity contribution is 6.31. The Morgan fingerprint density at radius 2 is 1.95 bits per heavy atom. The summed E-state index contributed by atoms with van der Waals surface area (Å²) in [5.41, 5.74) is -1.54. The van der Waals surface area contributed by atoms with Crippen LogP contribution < -0.4 is 0 Å². The average Bonchev–Trinajstić information content (AvgIpc) is 3.04. The quantitative estimate of drug-likeness (QED) is 0.863. The van der Waals surface area contributed by atoms with Gasteiger partial charge in [-0.1, -0.05) is 24.4 Å². The van der Waals surface area contributed by atoms with Gasteiger partial charge in [0.1, 0.15) is 0 Å². The summed E-state index contributed by atoms with van der Waals surface area (Å²) < 4.78 is 40.7. The van der Waals surface area contributed by atoms with Gasteiger partial charge in [0.2, 0.25) is 0 Å². The molecule has 7 heteroatoms. The van der Waals surface area contributed by atoms with Crippen molar-refractivity contribution in [3.8, 4) is 0 Å². The molecule has 114 valence electrons. The Balaban J connectivity index is 2.15. The lowest BCUT2D eigenvalue weighted by molar-refractivity contribution is -0.254. The van der Waals surface area contributed by atoms with Crippen LogP contribution in [0.2, 0.25) is 5.02 Å². The van der Waals surface area contributed by atoms with Crippen LogP contribution in [-0.2, 0) is 0 Å². The van der Waals surface area contributed by atoms with Crippen molar-refractivity contribution < 1.29 is 18.3 Å². The predicted molar refractivity (Wildman–Crippen MR) is 73.0 cm³/mol. The van der Waals surface area contributed by atoms with Crippen molar-refractivity contribution in [1.29, 1.82) is 0 Å². The molecule has 0 bridgehead atoms. The molecule has 1 aromatic carbocycles. The van der Waals surface area contributed by atoms with Crippen molar-refractivity contribution in [2.75, 3.05) is 0 Å². The lowest BCUT2D eigenvalue weighted by Crippen LogP contribution is -2.41. The number of fused-ring (bicyclic) bond motifs is 1. The predicted octanol–water partition coefficient (Wildman–Crippen LogP) is 4.37. The summed E-state index contributed by atoms with van der Waals surface area (Å²) in [6, 6.07) is 2.99. The molecule has 2 N–H and O–H groups in total. The molecule has 1 atom stereocenters. The standard InChI is InChI=1S/C14H14ClF3N2O/c15-9-5-8-7-19-20-11(8)10(6-9)12(21)13(14(16,17)18)3-1-2-4-13/h5-7,12,21H,1-4H2,(H,19,20). The van der Waals surface area contributed by atoms with E-state index in [1.54, 1.807) is 6.07 Å². The van der Waals surface area contributed by atoms with Crippen molar-refractivity contribution in [2.24, 2.45) is 5.41 Å². The van der Waals surface area contributed by atoms with Gasteiger partial charge >= 0.3 is 6.18 Å². The van der Waals surface area contributed by atoms with Gasteiger partial charge in [-0.25, -0.2) is 0 Å². The molecule has 0 aliphatic heterocycles. The number of nitrogens with zero attached hydrogens (tertiary/aromatic N) is 1. The third-order valence-electron chi connectivity index (χ3n) is 4.42. The van der Waals surface area contributed by atoms with E-state index in [9.17, 15) is 18.3 Å². The zero-order valence-corrected chi connectivity index (χ0v) is 11.8. The Kier molecular flexibility index (Phi) is 3.41. The van der Waals surface area contributed by atoms with Crippen molar-refractivity contribution in [3.63, 3.8) is 0 Å². The van der Waals surface area contributed by atoms with Gasteiger partial charge in [0.25, 0.3) is 0 Å². The van der Waals surface area contributed by atoms with E-state index in [-0.39, 0.29) is 23.4 Å². The maximum absolute atomic E-state index is 13.6. The van der Waals surface area contributed by atoms with Gasteiger partial charge in [-0.2, -0.15) is 18.3 Å². The molecule has 21 heavy (non-hydrogen) atoms. The second-order valence-electron chi connectivity index (χ2n) is 5.59. The number of aliphatic hydroxyl groups excluding tert-OH is 1. The number of rotatable bonds is 2. The first-order chi connectivity index (χ1) is 9.85. The molecule has 1 fully saturated rings. The molecule has 3 nitrogen and oxygen atoms in total. The summed E-state index contributed by atoms with van der Waals surface area (Å²) in [6.45, 7) is 0. The van der Waals surface area contributed by atoms with Gasteiger partial charge in [0.15, 0.2) is 0 Å². The summed E-state index contributed by atoms with van der Waals surface area (Å²) in [5.74, 6) is 0. The summed E-state index contributed by atoms with van der Waals surface area (Å²) in [4.78, 5) is 0. The Morgan fingerprint density at radius 1 is 1.29 bits per heavy atom. The van der Waals surface area contributed by atoms with Crippen LogP contribution in [-0.4, -0.2) is 21.5 Å². The molecule has 0 saturated heterocycles. The lowest BCUT2D eigenvalue weighted by atomic mass is 9.76. The normalized spacial score (nSPS) is 20.0. The fourth-order valence-electron chi connectivity index (χ4n) is 3.28. The SMILES string of the molecule is OC(c1cc(Cl)cc2cn[nH]c12)C1(C(F)(F)F)CCCC1. The molecule has 3 rings (SSSR count). The Bertz CT molecular complexity index is 662. The molecule has 1 unspecified atom stereocenters. The van der Waals surface area contributed by atoms with Crippen molar-refractivity contribution >= 4 is 22.5 Å². The second-order valence-corrected chi connectivity index (χ2v) is 6.03. The number of H-pyrrole nitrogens is 1. The molecule has 0 amide bonds. The summed E-state index contributed by atoms with van der Waals surface area (Å²) >= 11 is 5.96. The number of alkyl halides is 3. The van der Waals surface area contributed by atoms with Crippen LogP contribution in [0.15, 0.2) is 18.3 Å². The molecular weight excluding hydrogens is 305 g/mol. The minimum absolute atomic E-state index is 0.0696. The van der Waals surface area contributed by atoms with Crippen LogP contribution in [0.5, 0.6) is 0 Å². The fourth-order valence-corrected chi connectivity index (χ4v) is 3.51. The van der Waals surface area contributed by atoms with Crippen LogP contribution in [0.3, 0.4) is 0 Å². The largest absolute Gasteiger partial charge is 0.397 e. The first-order valence-corrected chi connectivity index (χ1v) is 7.10. The molecule has 1 aliphatic carbocycles. The smallest absolute Gasteiger partial charge is 0.387 e. The lowest BCUT2D eigenvalue weighted by Gasteiger charge is -2.36. The average molecular weight is 319 g/mol. The maximum Gasteiger partial charge on any atom is 0.397 e. The van der Waals surface area contributed by atoms with Crippen LogP contribution in [0, 0.1) is 5.41 Å². The summed E-state index contributed by atoms with van der Waals surface area (Å²) in [7, 11) is 0. The molecule has 2 aromatic rings. The highest BCUT2D eigenvalue weighted by Gasteiger charge is 2.60. The molecule has 1 aromatic heterocycles. The van der Waals surface area contributed by atoms with Crippen molar-refractivity contribution in [1.82, 2.24) is 10.2 Å². The fraction of sp³-hybridized carbons (Fsp3) is 0.500.